The van der Waals surface area contributed by atoms with Crippen molar-refractivity contribution in [2.24, 2.45) is 0 Å². The fourth-order valence-electron chi connectivity index (χ4n) is 8.59. The van der Waals surface area contributed by atoms with Crippen LogP contribution in [-0.4, -0.2) is 4.57 Å². The first-order valence-corrected chi connectivity index (χ1v) is 19.2. The lowest BCUT2D eigenvalue weighted by atomic mass is 9.88. The van der Waals surface area contributed by atoms with Crippen LogP contribution >= 0.6 is 0 Å². The standard InChI is InChI=1S/C54H35NO/c1-4-15-36(16-5-1)40-31-41(37-17-6-2-7-18-37)33-42(32-40)44-21-10-11-22-45(44)47-24-14-26-53-54(47)49-35-39(28-30-52(49)56-53)38-27-29-51-48(34-38)46-23-12-13-25-50(46)55(51)43-19-8-3-9-20-43/h1-35H. The first-order valence-electron chi connectivity index (χ1n) is 19.2. The molecular weight excluding hydrogens is 679 g/mol. The molecule has 0 saturated carbocycles. The molecule has 56 heavy (non-hydrogen) atoms. The highest BCUT2D eigenvalue weighted by atomic mass is 16.3. The zero-order valence-electron chi connectivity index (χ0n) is 30.6. The molecule has 0 atom stereocenters. The highest BCUT2D eigenvalue weighted by Gasteiger charge is 2.18. The molecule has 0 aliphatic rings. The fourth-order valence-corrected chi connectivity index (χ4v) is 8.59. The second kappa shape index (κ2) is 13.2. The molecule has 0 spiro atoms. The van der Waals surface area contributed by atoms with Crippen LogP contribution in [-0.2, 0) is 0 Å². The third-order valence-electron chi connectivity index (χ3n) is 11.2. The SMILES string of the molecule is c1ccc(-c2cc(-c3ccccc3)cc(-c3ccccc3-c3cccc4oc5ccc(-c6ccc7c(c6)c6ccccc6n7-c6ccccc6)cc5c34)c2)cc1. The van der Waals surface area contributed by atoms with Gasteiger partial charge in [0.2, 0.25) is 0 Å². The van der Waals surface area contributed by atoms with Gasteiger partial charge in [-0.3, -0.25) is 0 Å². The Hall–Kier alpha value is -7.42. The Bertz CT molecular complexity index is 3170. The van der Waals surface area contributed by atoms with Gasteiger partial charge in [0, 0.05) is 27.2 Å². The molecule has 9 aromatic carbocycles. The van der Waals surface area contributed by atoms with Crippen LogP contribution in [0.25, 0.3) is 105 Å². The third kappa shape index (κ3) is 5.34. The van der Waals surface area contributed by atoms with Crippen LogP contribution in [0, 0.1) is 0 Å². The zero-order chi connectivity index (χ0) is 37.0. The van der Waals surface area contributed by atoms with Gasteiger partial charge >= 0.3 is 0 Å². The fraction of sp³-hybridized carbons (Fsp3) is 0. The number of para-hydroxylation sites is 2. The maximum atomic E-state index is 6.58. The summed E-state index contributed by atoms with van der Waals surface area (Å²) in [5, 5.41) is 4.72. The highest BCUT2D eigenvalue weighted by molar-refractivity contribution is 6.15. The molecule has 0 aliphatic carbocycles. The molecule has 2 heteroatoms. The zero-order valence-corrected chi connectivity index (χ0v) is 30.6. The lowest BCUT2D eigenvalue weighted by Gasteiger charge is -2.15. The van der Waals surface area contributed by atoms with E-state index >= 15 is 0 Å². The van der Waals surface area contributed by atoms with Crippen LogP contribution in [0.1, 0.15) is 0 Å². The van der Waals surface area contributed by atoms with Crippen molar-refractivity contribution in [1.82, 2.24) is 4.57 Å². The summed E-state index contributed by atoms with van der Waals surface area (Å²) in [6, 6.07) is 76.4. The Morgan fingerprint density at radius 1 is 0.286 bits per heavy atom. The molecule has 2 aromatic heterocycles. The number of nitrogens with zero attached hydrogens (tertiary/aromatic N) is 1. The van der Waals surface area contributed by atoms with Crippen LogP contribution in [0.2, 0.25) is 0 Å². The van der Waals surface area contributed by atoms with E-state index in [-0.39, 0.29) is 0 Å². The van der Waals surface area contributed by atoms with Crippen molar-refractivity contribution < 1.29 is 4.42 Å². The summed E-state index contributed by atoms with van der Waals surface area (Å²) < 4.78 is 8.95. The van der Waals surface area contributed by atoms with E-state index in [1.54, 1.807) is 0 Å². The lowest BCUT2D eigenvalue weighted by molar-refractivity contribution is 0.669. The van der Waals surface area contributed by atoms with E-state index in [0.717, 1.165) is 38.8 Å². The molecule has 262 valence electrons. The van der Waals surface area contributed by atoms with Gasteiger partial charge in [0.05, 0.1) is 11.0 Å². The van der Waals surface area contributed by atoms with Crippen LogP contribution in [0.5, 0.6) is 0 Å². The average Bonchev–Trinajstić information content (AvgIpc) is 3.82. The van der Waals surface area contributed by atoms with Crippen molar-refractivity contribution in [2.75, 3.05) is 0 Å². The molecule has 2 nitrogen and oxygen atoms in total. The van der Waals surface area contributed by atoms with Crippen molar-refractivity contribution in [3.63, 3.8) is 0 Å². The number of furan rings is 1. The van der Waals surface area contributed by atoms with E-state index in [1.807, 2.05) is 0 Å². The Kier molecular flexibility index (Phi) is 7.53. The van der Waals surface area contributed by atoms with E-state index in [0.29, 0.717) is 0 Å². The molecule has 0 saturated heterocycles. The molecule has 11 rings (SSSR count). The van der Waals surface area contributed by atoms with Crippen LogP contribution in [0.4, 0.5) is 0 Å². The summed E-state index contributed by atoms with van der Waals surface area (Å²) in [6.07, 6.45) is 0. The van der Waals surface area contributed by atoms with Gasteiger partial charge in [0.25, 0.3) is 0 Å². The van der Waals surface area contributed by atoms with Gasteiger partial charge in [0.15, 0.2) is 0 Å². The molecule has 0 bridgehead atoms. The maximum Gasteiger partial charge on any atom is 0.136 e. The highest BCUT2D eigenvalue weighted by Crippen LogP contribution is 2.44. The first-order chi connectivity index (χ1) is 27.8. The number of fused-ring (bicyclic) bond motifs is 6. The molecule has 0 aliphatic heterocycles. The predicted molar refractivity (Wildman–Crippen MR) is 235 cm³/mol. The van der Waals surface area contributed by atoms with Gasteiger partial charge in [0.1, 0.15) is 11.2 Å². The van der Waals surface area contributed by atoms with Crippen molar-refractivity contribution in [1.29, 1.82) is 0 Å². The second-order valence-corrected chi connectivity index (χ2v) is 14.5. The summed E-state index contributed by atoms with van der Waals surface area (Å²) >= 11 is 0. The molecular formula is C54H35NO. The number of rotatable bonds is 6. The number of hydrogen-bond acceptors (Lipinski definition) is 1. The van der Waals surface area contributed by atoms with Crippen LogP contribution in [0.15, 0.2) is 217 Å². The lowest BCUT2D eigenvalue weighted by Crippen LogP contribution is -1.92. The summed E-state index contributed by atoms with van der Waals surface area (Å²) in [4.78, 5) is 0. The largest absolute Gasteiger partial charge is 0.456 e. The Morgan fingerprint density at radius 3 is 1.57 bits per heavy atom. The summed E-state index contributed by atoms with van der Waals surface area (Å²) in [5.41, 5.74) is 17.1. The smallest absolute Gasteiger partial charge is 0.136 e. The van der Waals surface area contributed by atoms with Crippen LogP contribution in [0.3, 0.4) is 0 Å². The van der Waals surface area contributed by atoms with Crippen molar-refractivity contribution in [3.8, 4) is 61.3 Å². The normalized spacial score (nSPS) is 11.6. The predicted octanol–water partition coefficient (Wildman–Crippen LogP) is 15.0. The van der Waals surface area contributed by atoms with Crippen molar-refractivity contribution >= 4 is 43.7 Å². The summed E-state index contributed by atoms with van der Waals surface area (Å²) in [6.45, 7) is 0. The van der Waals surface area contributed by atoms with Crippen molar-refractivity contribution in [2.45, 2.75) is 0 Å². The topological polar surface area (TPSA) is 18.1 Å². The molecule has 0 N–H and O–H groups in total. The van der Waals surface area contributed by atoms with Gasteiger partial charge in [-0.25, -0.2) is 0 Å². The van der Waals surface area contributed by atoms with Gasteiger partial charge in [-0.05, 0) is 122 Å². The van der Waals surface area contributed by atoms with Crippen LogP contribution < -0.4 is 0 Å². The minimum absolute atomic E-state index is 0.882. The summed E-state index contributed by atoms with van der Waals surface area (Å²) in [7, 11) is 0. The van der Waals surface area contributed by atoms with Gasteiger partial charge < -0.3 is 8.98 Å². The number of aromatic nitrogens is 1. The van der Waals surface area contributed by atoms with Crippen molar-refractivity contribution in [3.05, 3.63) is 212 Å². The Labute approximate surface area is 325 Å². The van der Waals surface area contributed by atoms with E-state index in [4.69, 9.17) is 4.42 Å². The minimum atomic E-state index is 0.882. The van der Waals surface area contributed by atoms with Gasteiger partial charge in [-0.1, -0.05) is 146 Å². The minimum Gasteiger partial charge on any atom is -0.456 e. The Morgan fingerprint density at radius 2 is 0.839 bits per heavy atom. The van der Waals surface area contributed by atoms with E-state index in [1.165, 1.54) is 66.3 Å². The molecule has 0 unspecified atom stereocenters. The van der Waals surface area contributed by atoms with E-state index in [9.17, 15) is 0 Å². The van der Waals surface area contributed by atoms with E-state index in [2.05, 4.69) is 217 Å². The molecule has 0 amide bonds. The number of hydrogen-bond donors (Lipinski definition) is 0. The van der Waals surface area contributed by atoms with Gasteiger partial charge in [-0.2, -0.15) is 0 Å². The van der Waals surface area contributed by atoms with E-state index < -0.39 is 0 Å². The molecule has 2 heterocycles. The third-order valence-corrected chi connectivity index (χ3v) is 11.2. The second-order valence-electron chi connectivity index (χ2n) is 14.5. The summed E-state index contributed by atoms with van der Waals surface area (Å²) in [5.74, 6) is 0. The number of benzene rings is 9. The Balaban J connectivity index is 1.08. The first kappa shape index (κ1) is 32.0. The molecule has 0 fully saturated rings. The monoisotopic (exact) mass is 713 g/mol. The maximum absolute atomic E-state index is 6.58. The van der Waals surface area contributed by atoms with Gasteiger partial charge in [-0.15, -0.1) is 0 Å². The molecule has 11 aromatic rings. The molecule has 0 radical (unpaired) electrons. The quantitative estimate of drug-likeness (QED) is 0.168. The average molecular weight is 714 g/mol.